The molecule has 0 saturated carbocycles. The van der Waals surface area contributed by atoms with Crippen LogP contribution in [0.5, 0.6) is 5.75 Å². The van der Waals surface area contributed by atoms with E-state index >= 15 is 0 Å². The molecule has 6 heteroatoms. The molecule has 0 aliphatic rings. The van der Waals surface area contributed by atoms with Crippen LogP contribution in [0.25, 0.3) is 0 Å². The average molecular weight is 341 g/mol. The first-order chi connectivity index (χ1) is 12.0. The highest BCUT2D eigenvalue weighted by molar-refractivity contribution is 5.85. The van der Waals surface area contributed by atoms with E-state index in [0.717, 1.165) is 17.5 Å². The predicted octanol–water partition coefficient (Wildman–Crippen LogP) is 1.59. The SMILES string of the molecule is Cc1ccc(OCC(=O)NCC(=O)N(C)CCc2ccncc2)cc1. The summed E-state index contributed by atoms with van der Waals surface area (Å²) in [6.07, 6.45) is 4.20. The molecule has 2 aromatic rings. The first kappa shape index (κ1) is 18.4. The molecule has 0 aliphatic carbocycles. The molecule has 1 aromatic carbocycles. The number of carbonyl (C=O) groups excluding carboxylic acids is 2. The molecule has 0 atom stereocenters. The molecule has 1 aromatic heterocycles. The van der Waals surface area contributed by atoms with Crippen LogP contribution in [0.3, 0.4) is 0 Å². The van der Waals surface area contributed by atoms with Gasteiger partial charge in [-0.2, -0.15) is 0 Å². The Morgan fingerprint density at radius 2 is 1.80 bits per heavy atom. The van der Waals surface area contributed by atoms with Crippen molar-refractivity contribution < 1.29 is 14.3 Å². The molecule has 0 aliphatic heterocycles. The number of benzene rings is 1. The smallest absolute Gasteiger partial charge is 0.258 e. The van der Waals surface area contributed by atoms with E-state index in [9.17, 15) is 9.59 Å². The van der Waals surface area contributed by atoms with Crippen molar-refractivity contribution in [2.75, 3.05) is 26.7 Å². The van der Waals surface area contributed by atoms with Gasteiger partial charge >= 0.3 is 0 Å². The van der Waals surface area contributed by atoms with Crippen LogP contribution in [0.1, 0.15) is 11.1 Å². The lowest BCUT2D eigenvalue weighted by molar-refractivity contribution is -0.132. The highest BCUT2D eigenvalue weighted by atomic mass is 16.5. The van der Waals surface area contributed by atoms with E-state index in [2.05, 4.69) is 10.3 Å². The molecule has 0 saturated heterocycles. The first-order valence-electron chi connectivity index (χ1n) is 8.13. The van der Waals surface area contributed by atoms with E-state index in [1.54, 1.807) is 36.5 Å². The molecule has 132 valence electrons. The second kappa shape index (κ2) is 9.42. The van der Waals surface area contributed by atoms with Crippen LogP contribution in [-0.4, -0.2) is 48.4 Å². The van der Waals surface area contributed by atoms with Gasteiger partial charge in [0.25, 0.3) is 5.91 Å². The Morgan fingerprint density at radius 1 is 1.12 bits per heavy atom. The average Bonchev–Trinajstić information content (AvgIpc) is 2.64. The number of pyridine rings is 1. The van der Waals surface area contributed by atoms with Crippen molar-refractivity contribution in [3.8, 4) is 5.75 Å². The summed E-state index contributed by atoms with van der Waals surface area (Å²) in [4.78, 5) is 29.4. The Kier molecular flexibility index (Phi) is 6.95. The Bertz CT molecular complexity index is 687. The molecular formula is C19H23N3O3. The normalized spacial score (nSPS) is 10.2. The maximum Gasteiger partial charge on any atom is 0.258 e. The van der Waals surface area contributed by atoms with Crippen LogP contribution in [0.15, 0.2) is 48.8 Å². The van der Waals surface area contributed by atoms with Crippen LogP contribution in [0, 0.1) is 6.92 Å². The number of ether oxygens (including phenoxy) is 1. The number of nitrogens with one attached hydrogen (secondary N) is 1. The molecule has 2 rings (SSSR count). The van der Waals surface area contributed by atoms with Crippen LogP contribution >= 0.6 is 0 Å². The standard InChI is InChI=1S/C19H23N3O3/c1-15-3-5-17(6-4-15)25-14-18(23)21-13-19(24)22(2)12-9-16-7-10-20-11-8-16/h3-8,10-11H,9,12-14H2,1-2H3,(H,21,23). The summed E-state index contributed by atoms with van der Waals surface area (Å²) in [5.41, 5.74) is 2.24. The van der Waals surface area contributed by atoms with E-state index in [1.807, 2.05) is 31.2 Å². The second-order valence-corrected chi connectivity index (χ2v) is 5.80. The number of aryl methyl sites for hydroxylation is 1. The molecule has 0 radical (unpaired) electrons. The fourth-order valence-corrected chi connectivity index (χ4v) is 2.11. The summed E-state index contributed by atoms with van der Waals surface area (Å²) < 4.78 is 5.38. The third kappa shape index (κ3) is 6.63. The molecule has 0 spiro atoms. The number of amides is 2. The van der Waals surface area contributed by atoms with Gasteiger partial charge in [0.2, 0.25) is 5.91 Å². The maximum atomic E-state index is 12.0. The molecule has 0 fully saturated rings. The van der Waals surface area contributed by atoms with Gasteiger partial charge in [-0.25, -0.2) is 0 Å². The quantitative estimate of drug-likeness (QED) is 0.791. The highest BCUT2D eigenvalue weighted by Crippen LogP contribution is 2.10. The lowest BCUT2D eigenvalue weighted by atomic mass is 10.2. The van der Waals surface area contributed by atoms with Crippen LogP contribution in [0.2, 0.25) is 0 Å². The van der Waals surface area contributed by atoms with Gasteiger partial charge in [-0.3, -0.25) is 14.6 Å². The van der Waals surface area contributed by atoms with Crippen molar-refractivity contribution in [1.82, 2.24) is 15.2 Å². The fraction of sp³-hybridized carbons (Fsp3) is 0.316. The summed E-state index contributed by atoms with van der Waals surface area (Å²) in [6.45, 7) is 2.41. The van der Waals surface area contributed by atoms with Gasteiger partial charge < -0.3 is 15.0 Å². The van der Waals surface area contributed by atoms with Crippen molar-refractivity contribution in [3.63, 3.8) is 0 Å². The van der Waals surface area contributed by atoms with Gasteiger partial charge in [-0.1, -0.05) is 17.7 Å². The predicted molar refractivity (Wildman–Crippen MR) is 95.3 cm³/mol. The zero-order valence-corrected chi connectivity index (χ0v) is 14.6. The van der Waals surface area contributed by atoms with E-state index in [0.29, 0.717) is 12.3 Å². The zero-order valence-electron chi connectivity index (χ0n) is 14.6. The molecule has 25 heavy (non-hydrogen) atoms. The highest BCUT2D eigenvalue weighted by Gasteiger charge is 2.11. The zero-order chi connectivity index (χ0) is 18.1. The molecule has 0 unspecified atom stereocenters. The Labute approximate surface area is 147 Å². The Balaban J connectivity index is 1.66. The molecule has 1 heterocycles. The van der Waals surface area contributed by atoms with Crippen LogP contribution in [-0.2, 0) is 16.0 Å². The summed E-state index contributed by atoms with van der Waals surface area (Å²) in [6, 6.07) is 11.3. The fourth-order valence-electron chi connectivity index (χ4n) is 2.11. The third-order valence-electron chi connectivity index (χ3n) is 3.74. The maximum absolute atomic E-state index is 12.0. The topological polar surface area (TPSA) is 71.5 Å². The minimum absolute atomic E-state index is 0.0388. The van der Waals surface area contributed by atoms with Crippen molar-refractivity contribution in [3.05, 3.63) is 59.9 Å². The third-order valence-corrected chi connectivity index (χ3v) is 3.74. The molecular weight excluding hydrogens is 318 g/mol. The van der Waals surface area contributed by atoms with Crippen molar-refractivity contribution >= 4 is 11.8 Å². The molecule has 2 amide bonds. The summed E-state index contributed by atoms with van der Waals surface area (Å²) in [7, 11) is 1.72. The van der Waals surface area contributed by atoms with E-state index in [4.69, 9.17) is 4.74 Å². The first-order valence-corrected chi connectivity index (χ1v) is 8.13. The Morgan fingerprint density at radius 3 is 2.48 bits per heavy atom. The monoisotopic (exact) mass is 341 g/mol. The molecule has 6 nitrogen and oxygen atoms in total. The lowest BCUT2D eigenvalue weighted by Crippen LogP contribution is -2.40. The van der Waals surface area contributed by atoms with Crippen molar-refractivity contribution in [1.29, 1.82) is 0 Å². The van der Waals surface area contributed by atoms with E-state index in [1.165, 1.54) is 0 Å². The van der Waals surface area contributed by atoms with Gasteiger partial charge in [0.15, 0.2) is 6.61 Å². The number of rotatable bonds is 8. The lowest BCUT2D eigenvalue weighted by Gasteiger charge is -2.17. The minimum Gasteiger partial charge on any atom is -0.484 e. The van der Waals surface area contributed by atoms with Gasteiger partial charge in [0.05, 0.1) is 6.54 Å². The van der Waals surface area contributed by atoms with Gasteiger partial charge in [-0.05, 0) is 43.2 Å². The summed E-state index contributed by atoms with van der Waals surface area (Å²) in [5, 5.41) is 2.58. The second-order valence-electron chi connectivity index (χ2n) is 5.80. The van der Waals surface area contributed by atoms with E-state index < -0.39 is 0 Å². The van der Waals surface area contributed by atoms with Crippen LogP contribution < -0.4 is 10.1 Å². The number of hydrogen-bond donors (Lipinski definition) is 1. The minimum atomic E-state index is -0.323. The van der Waals surface area contributed by atoms with Crippen molar-refractivity contribution in [2.45, 2.75) is 13.3 Å². The van der Waals surface area contributed by atoms with E-state index in [-0.39, 0.29) is 25.0 Å². The number of carbonyl (C=O) groups is 2. The number of likely N-dealkylation sites (N-methyl/N-ethyl adjacent to an activating group) is 1. The number of aromatic nitrogens is 1. The van der Waals surface area contributed by atoms with Crippen molar-refractivity contribution in [2.24, 2.45) is 0 Å². The molecule has 1 N–H and O–H groups in total. The number of hydrogen-bond acceptors (Lipinski definition) is 4. The van der Waals surface area contributed by atoms with Gasteiger partial charge in [-0.15, -0.1) is 0 Å². The van der Waals surface area contributed by atoms with Gasteiger partial charge in [0, 0.05) is 26.0 Å². The Hall–Kier alpha value is -2.89. The summed E-state index contributed by atoms with van der Waals surface area (Å²) >= 11 is 0. The molecule has 0 bridgehead atoms. The van der Waals surface area contributed by atoms with Crippen LogP contribution in [0.4, 0.5) is 0 Å². The largest absolute Gasteiger partial charge is 0.484 e. The number of nitrogens with zero attached hydrogens (tertiary/aromatic N) is 2. The summed E-state index contributed by atoms with van der Waals surface area (Å²) in [5.74, 6) is 0.163. The van der Waals surface area contributed by atoms with Gasteiger partial charge in [0.1, 0.15) is 5.75 Å².